The van der Waals surface area contributed by atoms with Crippen LogP contribution in [0.4, 0.5) is 0 Å². The summed E-state index contributed by atoms with van der Waals surface area (Å²) in [5, 5.41) is 4.25. The van der Waals surface area contributed by atoms with Gasteiger partial charge >= 0.3 is 0 Å². The smallest absolute Gasteiger partial charge is 0.274 e. The highest BCUT2D eigenvalue weighted by atomic mass is 16.2. The number of aromatic nitrogens is 4. The van der Waals surface area contributed by atoms with Crippen LogP contribution in [0.5, 0.6) is 0 Å². The maximum atomic E-state index is 13.5. The summed E-state index contributed by atoms with van der Waals surface area (Å²) in [5.41, 5.74) is 5.79. The van der Waals surface area contributed by atoms with Crippen LogP contribution in [0.15, 0.2) is 61.1 Å². The van der Waals surface area contributed by atoms with E-state index >= 15 is 0 Å². The van der Waals surface area contributed by atoms with Crippen molar-refractivity contribution in [2.45, 2.75) is 26.3 Å². The third kappa shape index (κ3) is 5.31. The molecule has 0 atom stereocenters. The lowest BCUT2D eigenvalue weighted by atomic mass is 10.1. The Labute approximate surface area is 195 Å². The number of benzene rings is 1. The lowest BCUT2D eigenvalue weighted by Crippen LogP contribution is -2.31. The molecule has 0 spiro atoms. The van der Waals surface area contributed by atoms with Crippen LogP contribution in [0.2, 0.25) is 0 Å². The van der Waals surface area contributed by atoms with E-state index in [4.69, 9.17) is 4.98 Å². The van der Waals surface area contributed by atoms with Crippen LogP contribution in [-0.2, 0) is 26.4 Å². The molecule has 7 heteroatoms. The minimum Gasteiger partial charge on any atom is -0.340 e. The van der Waals surface area contributed by atoms with Gasteiger partial charge in [-0.2, -0.15) is 5.10 Å². The molecule has 1 amide bonds. The predicted octanol–water partition coefficient (Wildman–Crippen LogP) is 3.37. The number of hydrogen-bond acceptors (Lipinski definition) is 4. The molecule has 0 aliphatic carbocycles. The van der Waals surface area contributed by atoms with E-state index < -0.39 is 0 Å². The van der Waals surface area contributed by atoms with E-state index in [2.05, 4.69) is 33.6 Å². The number of rotatable bonds is 9. The number of imidazole rings is 1. The fraction of sp³-hybridized carbons (Fsp3) is 0.346. The highest BCUT2D eigenvalue weighted by Crippen LogP contribution is 2.19. The third-order valence-corrected chi connectivity index (χ3v) is 6.03. The Bertz CT molecular complexity index is 1230. The number of pyridine rings is 1. The van der Waals surface area contributed by atoms with E-state index in [1.807, 2.05) is 74.6 Å². The van der Waals surface area contributed by atoms with Crippen LogP contribution in [0.1, 0.15) is 32.9 Å². The first-order chi connectivity index (χ1) is 15.9. The third-order valence-electron chi connectivity index (χ3n) is 6.03. The van der Waals surface area contributed by atoms with Crippen LogP contribution in [0, 0.1) is 6.92 Å². The van der Waals surface area contributed by atoms with E-state index in [1.54, 1.807) is 4.90 Å². The monoisotopic (exact) mass is 444 g/mol. The molecule has 7 nitrogen and oxygen atoms in total. The Balaban J connectivity index is 1.53. The molecule has 0 bridgehead atoms. The van der Waals surface area contributed by atoms with E-state index in [0.717, 1.165) is 36.3 Å². The van der Waals surface area contributed by atoms with Crippen molar-refractivity contribution < 1.29 is 4.79 Å². The van der Waals surface area contributed by atoms with Crippen LogP contribution >= 0.6 is 0 Å². The number of likely N-dealkylation sites (N-methyl/N-ethyl adjacent to an activating group) is 2. The Kier molecular flexibility index (Phi) is 6.89. The quantitative estimate of drug-likeness (QED) is 0.397. The maximum Gasteiger partial charge on any atom is 0.274 e. The molecule has 0 aliphatic heterocycles. The fourth-order valence-corrected chi connectivity index (χ4v) is 4.05. The summed E-state index contributed by atoms with van der Waals surface area (Å²) in [6.07, 6.45) is 7.67. The Morgan fingerprint density at radius 3 is 2.48 bits per heavy atom. The van der Waals surface area contributed by atoms with Gasteiger partial charge in [-0.15, -0.1) is 0 Å². The second-order valence-corrected chi connectivity index (χ2v) is 8.76. The molecule has 4 rings (SSSR count). The average molecular weight is 445 g/mol. The number of carbonyl (C=O) groups is 1. The van der Waals surface area contributed by atoms with Crippen LogP contribution in [0.25, 0.3) is 5.65 Å². The molecular formula is C26H32N6O. The fourth-order valence-electron chi connectivity index (χ4n) is 4.05. The number of fused-ring (bicyclic) bond motifs is 1. The molecule has 1 aromatic carbocycles. The summed E-state index contributed by atoms with van der Waals surface area (Å²) in [6, 6.07) is 14.3. The summed E-state index contributed by atoms with van der Waals surface area (Å²) < 4.78 is 3.89. The van der Waals surface area contributed by atoms with Gasteiger partial charge in [-0.25, -0.2) is 4.98 Å². The largest absolute Gasteiger partial charge is 0.340 e. The first-order valence-corrected chi connectivity index (χ1v) is 11.3. The molecule has 33 heavy (non-hydrogen) atoms. The minimum atomic E-state index is -0.0373. The van der Waals surface area contributed by atoms with Crippen LogP contribution < -0.4 is 0 Å². The minimum absolute atomic E-state index is 0.0373. The van der Waals surface area contributed by atoms with Gasteiger partial charge in [0.2, 0.25) is 0 Å². The molecule has 0 unspecified atom stereocenters. The Hall–Kier alpha value is -3.45. The zero-order chi connectivity index (χ0) is 23.4. The van der Waals surface area contributed by atoms with E-state index in [-0.39, 0.29) is 5.91 Å². The van der Waals surface area contributed by atoms with Crippen molar-refractivity contribution in [1.29, 1.82) is 0 Å². The summed E-state index contributed by atoms with van der Waals surface area (Å²) >= 11 is 0. The molecule has 3 heterocycles. The molecule has 0 fully saturated rings. The molecule has 0 saturated carbocycles. The molecule has 0 saturated heterocycles. The lowest BCUT2D eigenvalue weighted by Gasteiger charge is -2.19. The SMILES string of the molecule is Cc1cccn2c(CN(C)CCc3cnn(C)c3)c(C(=O)N(C)CCc3ccccc3)nc12. The summed E-state index contributed by atoms with van der Waals surface area (Å²) in [6.45, 7) is 4.18. The van der Waals surface area contributed by atoms with Crippen molar-refractivity contribution in [3.05, 3.63) is 89.1 Å². The van der Waals surface area contributed by atoms with Crippen molar-refractivity contribution in [2.75, 3.05) is 27.2 Å². The molecule has 0 aliphatic rings. The normalized spacial score (nSPS) is 11.4. The second kappa shape index (κ2) is 10.0. The molecule has 0 N–H and O–H groups in total. The molecule has 4 aromatic rings. The van der Waals surface area contributed by atoms with Gasteiger partial charge in [0.25, 0.3) is 5.91 Å². The zero-order valence-corrected chi connectivity index (χ0v) is 19.9. The van der Waals surface area contributed by atoms with Gasteiger partial charge in [0.1, 0.15) is 5.65 Å². The van der Waals surface area contributed by atoms with Crippen LogP contribution in [0.3, 0.4) is 0 Å². The number of hydrogen-bond donors (Lipinski definition) is 0. The van der Waals surface area contributed by atoms with Crippen molar-refractivity contribution in [3.8, 4) is 0 Å². The molecule has 0 radical (unpaired) electrons. The van der Waals surface area contributed by atoms with Gasteiger partial charge < -0.3 is 14.2 Å². The molecular weight excluding hydrogens is 412 g/mol. The Morgan fingerprint density at radius 1 is 1.00 bits per heavy atom. The number of nitrogens with zero attached hydrogens (tertiary/aromatic N) is 6. The van der Waals surface area contributed by atoms with Gasteiger partial charge in [-0.3, -0.25) is 9.48 Å². The van der Waals surface area contributed by atoms with Gasteiger partial charge in [-0.05, 0) is 49.6 Å². The van der Waals surface area contributed by atoms with Gasteiger partial charge in [0, 0.05) is 46.1 Å². The van der Waals surface area contributed by atoms with E-state index in [1.165, 1.54) is 11.1 Å². The van der Waals surface area contributed by atoms with Crippen molar-refractivity contribution in [2.24, 2.45) is 7.05 Å². The van der Waals surface area contributed by atoms with Crippen molar-refractivity contribution >= 4 is 11.6 Å². The number of amides is 1. The second-order valence-electron chi connectivity index (χ2n) is 8.76. The highest BCUT2D eigenvalue weighted by Gasteiger charge is 2.23. The Morgan fingerprint density at radius 2 is 1.76 bits per heavy atom. The van der Waals surface area contributed by atoms with Gasteiger partial charge in [0.15, 0.2) is 5.69 Å². The first-order valence-electron chi connectivity index (χ1n) is 11.3. The standard InChI is InChI=1S/C26H32N6O/c1-20-9-8-14-32-23(19-29(2)15-12-22-17-27-31(4)18-22)24(28-25(20)32)26(33)30(3)16-13-21-10-6-5-7-11-21/h5-11,14,17-18H,12-13,15-16,19H2,1-4H3. The van der Waals surface area contributed by atoms with Crippen molar-refractivity contribution in [1.82, 2.24) is 29.0 Å². The predicted molar refractivity (Wildman–Crippen MR) is 130 cm³/mol. The van der Waals surface area contributed by atoms with Crippen LogP contribution in [-0.4, -0.2) is 62.1 Å². The highest BCUT2D eigenvalue weighted by molar-refractivity contribution is 5.94. The van der Waals surface area contributed by atoms with E-state index in [9.17, 15) is 4.79 Å². The zero-order valence-electron chi connectivity index (χ0n) is 19.9. The summed E-state index contributed by atoms with van der Waals surface area (Å²) in [4.78, 5) is 22.3. The average Bonchev–Trinajstić information content (AvgIpc) is 3.40. The van der Waals surface area contributed by atoms with Gasteiger partial charge in [-0.1, -0.05) is 36.4 Å². The molecule has 172 valence electrons. The topological polar surface area (TPSA) is 58.7 Å². The lowest BCUT2D eigenvalue weighted by molar-refractivity contribution is 0.0789. The van der Waals surface area contributed by atoms with Crippen molar-refractivity contribution in [3.63, 3.8) is 0 Å². The summed E-state index contributed by atoms with van der Waals surface area (Å²) in [7, 11) is 5.87. The summed E-state index contributed by atoms with van der Waals surface area (Å²) in [5.74, 6) is -0.0373. The molecule has 3 aromatic heterocycles. The van der Waals surface area contributed by atoms with E-state index in [0.29, 0.717) is 18.8 Å². The number of aryl methyl sites for hydroxylation is 2. The first kappa shape index (κ1) is 22.7. The van der Waals surface area contributed by atoms with Gasteiger partial charge in [0.05, 0.1) is 11.9 Å². The maximum absolute atomic E-state index is 13.5. The number of carbonyl (C=O) groups excluding carboxylic acids is 1.